The van der Waals surface area contributed by atoms with E-state index in [2.05, 4.69) is 47.4 Å². The summed E-state index contributed by atoms with van der Waals surface area (Å²) in [5.41, 5.74) is 7.71. The summed E-state index contributed by atoms with van der Waals surface area (Å²) in [5.74, 6) is 0.510. The fourth-order valence-corrected chi connectivity index (χ4v) is 2.98. The lowest BCUT2D eigenvalue weighted by atomic mass is 9.93. The zero-order valence-corrected chi connectivity index (χ0v) is 14.5. The van der Waals surface area contributed by atoms with Crippen molar-refractivity contribution >= 4 is 23.3 Å². The molecule has 0 amide bonds. The van der Waals surface area contributed by atoms with E-state index in [1.54, 1.807) is 12.3 Å². The fourth-order valence-electron chi connectivity index (χ4n) is 1.89. The Morgan fingerprint density at radius 1 is 1.48 bits per heavy atom. The highest BCUT2D eigenvalue weighted by Gasteiger charge is 2.25. The Morgan fingerprint density at radius 3 is 2.87 bits per heavy atom. The number of allylic oxidation sites excluding steroid dienone is 2. The van der Waals surface area contributed by atoms with Gasteiger partial charge in [-0.25, -0.2) is 9.97 Å². The number of nitrogens with one attached hydrogen (secondary N) is 2. The Bertz CT molecular complexity index is 666. The lowest BCUT2D eigenvalue weighted by Gasteiger charge is -2.20. The summed E-state index contributed by atoms with van der Waals surface area (Å²) in [6.07, 6.45) is 2.50. The Kier molecular flexibility index (Phi) is 5.64. The summed E-state index contributed by atoms with van der Waals surface area (Å²) >= 11 is 1.52. The van der Waals surface area contributed by atoms with Gasteiger partial charge in [-0.3, -0.25) is 0 Å². The molecule has 2 rings (SSSR count). The summed E-state index contributed by atoms with van der Waals surface area (Å²) < 4.78 is 0. The van der Waals surface area contributed by atoms with Gasteiger partial charge < -0.3 is 16.4 Å². The molecule has 1 aromatic heterocycles. The van der Waals surface area contributed by atoms with Gasteiger partial charge in [0.25, 0.3) is 0 Å². The first-order valence-corrected chi connectivity index (χ1v) is 8.39. The highest BCUT2D eigenvalue weighted by Crippen LogP contribution is 2.37. The predicted octanol–water partition coefficient (Wildman–Crippen LogP) is 2.65. The first-order chi connectivity index (χ1) is 11.0. The molecule has 0 radical (unpaired) electrons. The molecule has 2 heterocycles. The van der Waals surface area contributed by atoms with Crippen LogP contribution in [0, 0.1) is 16.7 Å². The van der Waals surface area contributed by atoms with Crippen molar-refractivity contribution in [1.29, 1.82) is 5.26 Å². The number of anilines is 1. The molecular formula is C16H22N6S. The van der Waals surface area contributed by atoms with Gasteiger partial charge in [0.15, 0.2) is 0 Å². The number of rotatable bonds is 5. The number of nitrogens with two attached hydrogens (primary N) is 1. The zero-order chi connectivity index (χ0) is 16.9. The highest BCUT2D eigenvalue weighted by atomic mass is 32.2. The number of nitriles is 1. The normalized spacial score (nSPS) is 16.4. The molecule has 0 atom stereocenters. The van der Waals surface area contributed by atoms with Gasteiger partial charge in [0, 0.05) is 23.9 Å². The van der Waals surface area contributed by atoms with Crippen LogP contribution in [0.1, 0.15) is 32.9 Å². The molecule has 1 aliphatic rings. The molecule has 23 heavy (non-hydrogen) atoms. The monoisotopic (exact) mass is 330 g/mol. The van der Waals surface area contributed by atoms with Crippen LogP contribution in [0.15, 0.2) is 28.4 Å². The Hall–Kier alpha value is -2.04. The van der Waals surface area contributed by atoms with Gasteiger partial charge in [-0.15, -0.1) is 0 Å². The zero-order valence-electron chi connectivity index (χ0n) is 13.7. The van der Waals surface area contributed by atoms with Crippen LogP contribution >= 0.6 is 11.8 Å². The lowest BCUT2D eigenvalue weighted by Crippen LogP contribution is -2.20. The van der Waals surface area contributed by atoms with E-state index in [-0.39, 0.29) is 5.41 Å². The van der Waals surface area contributed by atoms with Crippen molar-refractivity contribution in [2.45, 2.75) is 27.2 Å². The molecule has 4 N–H and O–H groups in total. The van der Waals surface area contributed by atoms with E-state index in [4.69, 9.17) is 5.73 Å². The van der Waals surface area contributed by atoms with E-state index in [1.165, 1.54) is 11.8 Å². The second-order valence-electron chi connectivity index (χ2n) is 6.17. The van der Waals surface area contributed by atoms with E-state index in [1.807, 2.05) is 5.41 Å². The molecule has 0 fully saturated rings. The summed E-state index contributed by atoms with van der Waals surface area (Å²) in [6.45, 7) is 7.71. The molecule has 0 bridgehead atoms. The molecule has 0 saturated carbocycles. The van der Waals surface area contributed by atoms with Crippen molar-refractivity contribution in [1.82, 2.24) is 15.3 Å². The number of hydrogen-bond acceptors (Lipinski definition) is 7. The van der Waals surface area contributed by atoms with Crippen molar-refractivity contribution in [2.24, 2.45) is 11.1 Å². The third-order valence-corrected chi connectivity index (χ3v) is 4.16. The molecule has 0 saturated heterocycles. The quantitative estimate of drug-likeness (QED) is 0.563. The van der Waals surface area contributed by atoms with Crippen molar-refractivity contribution in [3.63, 3.8) is 0 Å². The third-order valence-electron chi connectivity index (χ3n) is 3.27. The van der Waals surface area contributed by atoms with Gasteiger partial charge >= 0.3 is 0 Å². The van der Waals surface area contributed by atoms with Gasteiger partial charge in [0.1, 0.15) is 11.6 Å². The van der Waals surface area contributed by atoms with Crippen molar-refractivity contribution in [3.05, 3.63) is 34.1 Å². The van der Waals surface area contributed by atoms with Crippen LogP contribution in [0.25, 0.3) is 5.57 Å². The molecule has 7 heteroatoms. The average Bonchev–Trinajstić information content (AvgIpc) is 2.99. The summed E-state index contributed by atoms with van der Waals surface area (Å²) in [5, 5.41) is 18.9. The van der Waals surface area contributed by atoms with Crippen LogP contribution in [0.2, 0.25) is 0 Å². The maximum atomic E-state index is 9.55. The number of thioether (sulfide) groups is 1. The standard InChI is InChI=1S/C16H22N6S/c1-16(2,3)13-10-23-14(22-13)11(9-18)12-5-8-20-15(21-12)19-7-4-6-17/h5,8,10,22H,4,6-7,17H2,1-3H3,(H,19,20,21)/b14-11-. The predicted molar refractivity (Wildman–Crippen MR) is 95.0 cm³/mol. The van der Waals surface area contributed by atoms with Crippen LogP contribution in [0.4, 0.5) is 5.95 Å². The van der Waals surface area contributed by atoms with Crippen LogP contribution < -0.4 is 16.4 Å². The van der Waals surface area contributed by atoms with Gasteiger partial charge in [0.05, 0.1) is 10.7 Å². The van der Waals surface area contributed by atoms with Gasteiger partial charge in [0.2, 0.25) is 5.95 Å². The van der Waals surface area contributed by atoms with Crippen molar-refractivity contribution in [2.75, 3.05) is 18.4 Å². The van der Waals surface area contributed by atoms with E-state index < -0.39 is 0 Å². The van der Waals surface area contributed by atoms with Gasteiger partial charge in [-0.05, 0) is 24.4 Å². The van der Waals surface area contributed by atoms with Crippen LogP contribution in [0.3, 0.4) is 0 Å². The Labute approximate surface area is 141 Å². The Balaban J connectivity index is 2.21. The smallest absolute Gasteiger partial charge is 0.223 e. The summed E-state index contributed by atoms with van der Waals surface area (Å²) in [4.78, 5) is 8.60. The van der Waals surface area contributed by atoms with Gasteiger partial charge in [-0.2, -0.15) is 5.26 Å². The van der Waals surface area contributed by atoms with Crippen LogP contribution in [-0.4, -0.2) is 23.1 Å². The Morgan fingerprint density at radius 2 is 2.26 bits per heavy atom. The number of hydrogen-bond donors (Lipinski definition) is 3. The number of nitrogens with zero attached hydrogens (tertiary/aromatic N) is 3. The summed E-state index contributed by atoms with van der Waals surface area (Å²) in [6, 6.07) is 4.00. The molecule has 6 nitrogen and oxygen atoms in total. The molecule has 122 valence electrons. The number of aromatic nitrogens is 2. The van der Waals surface area contributed by atoms with Crippen molar-refractivity contribution < 1.29 is 0 Å². The minimum Gasteiger partial charge on any atom is -0.354 e. The second-order valence-corrected chi connectivity index (χ2v) is 7.05. The second kappa shape index (κ2) is 7.49. The summed E-state index contributed by atoms with van der Waals surface area (Å²) in [7, 11) is 0. The van der Waals surface area contributed by atoms with Crippen LogP contribution in [-0.2, 0) is 0 Å². The molecular weight excluding hydrogens is 308 g/mol. The minimum absolute atomic E-state index is 0.00985. The molecule has 0 aliphatic carbocycles. The maximum Gasteiger partial charge on any atom is 0.223 e. The topological polar surface area (TPSA) is 99.7 Å². The van der Waals surface area contributed by atoms with E-state index in [0.717, 1.165) is 17.1 Å². The molecule has 1 aromatic rings. The first kappa shape index (κ1) is 17.3. The SMILES string of the molecule is CC(C)(C)C1=CS/C(=C(/C#N)c2ccnc(NCCCN)n2)N1. The van der Waals surface area contributed by atoms with E-state index in [9.17, 15) is 5.26 Å². The molecule has 0 aromatic carbocycles. The van der Waals surface area contributed by atoms with Gasteiger partial charge in [-0.1, -0.05) is 32.5 Å². The van der Waals surface area contributed by atoms with E-state index >= 15 is 0 Å². The highest BCUT2D eigenvalue weighted by molar-refractivity contribution is 8.06. The van der Waals surface area contributed by atoms with Crippen molar-refractivity contribution in [3.8, 4) is 6.07 Å². The molecule has 0 unspecified atom stereocenters. The average molecular weight is 330 g/mol. The largest absolute Gasteiger partial charge is 0.354 e. The first-order valence-electron chi connectivity index (χ1n) is 7.51. The minimum atomic E-state index is 0.00985. The lowest BCUT2D eigenvalue weighted by molar-refractivity contribution is 0.481. The van der Waals surface area contributed by atoms with Crippen LogP contribution in [0.5, 0.6) is 0 Å². The molecule has 1 aliphatic heterocycles. The third kappa shape index (κ3) is 4.47. The van der Waals surface area contributed by atoms with E-state index in [0.29, 0.717) is 30.3 Å². The fraction of sp³-hybridized carbons (Fsp3) is 0.438. The maximum absolute atomic E-state index is 9.55. The molecule has 0 spiro atoms.